The lowest BCUT2D eigenvalue weighted by Gasteiger charge is -2.34. The molecular formula is C25H31N3O9. The summed E-state index contributed by atoms with van der Waals surface area (Å²) in [5.74, 6) is -1.06. The van der Waals surface area contributed by atoms with Crippen molar-refractivity contribution in [2.75, 3.05) is 21.3 Å². The fraction of sp³-hybridized carbons (Fsp3) is 0.520. The second-order valence-electron chi connectivity index (χ2n) is 9.07. The first kappa shape index (κ1) is 26.3. The quantitative estimate of drug-likeness (QED) is 0.342. The maximum absolute atomic E-state index is 13.7. The Morgan fingerprint density at radius 3 is 2.27 bits per heavy atom. The van der Waals surface area contributed by atoms with Gasteiger partial charge in [-0.25, -0.2) is 0 Å². The first-order valence-corrected chi connectivity index (χ1v) is 12.0. The molecular weight excluding hydrogens is 486 g/mol. The summed E-state index contributed by atoms with van der Waals surface area (Å²) in [5, 5.41) is 15.3. The smallest absolute Gasteiger partial charge is 0.310 e. The fourth-order valence-electron chi connectivity index (χ4n) is 4.99. The van der Waals surface area contributed by atoms with Crippen molar-refractivity contribution in [3.8, 4) is 17.2 Å². The van der Waals surface area contributed by atoms with E-state index >= 15 is 0 Å². The number of hydrogen-bond donors (Lipinski definition) is 3. The van der Waals surface area contributed by atoms with Gasteiger partial charge in [0.15, 0.2) is 11.5 Å². The molecule has 12 heteroatoms. The van der Waals surface area contributed by atoms with Gasteiger partial charge in [0.2, 0.25) is 23.9 Å². The predicted molar refractivity (Wildman–Crippen MR) is 128 cm³/mol. The van der Waals surface area contributed by atoms with Crippen molar-refractivity contribution >= 4 is 23.7 Å². The first-order chi connectivity index (χ1) is 17.8. The van der Waals surface area contributed by atoms with Crippen LogP contribution in [0.1, 0.15) is 42.5 Å². The molecule has 37 heavy (non-hydrogen) atoms. The van der Waals surface area contributed by atoms with Gasteiger partial charge in [-0.05, 0) is 37.8 Å². The van der Waals surface area contributed by atoms with Crippen LogP contribution in [-0.4, -0.2) is 85.5 Å². The Bertz CT molecular complexity index is 1080. The maximum Gasteiger partial charge on any atom is 0.310 e. The zero-order chi connectivity index (χ0) is 26.7. The Morgan fingerprint density at radius 2 is 1.68 bits per heavy atom. The van der Waals surface area contributed by atoms with E-state index in [1.165, 1.54) is 38.4 Å². The SMILES string of the molecule is COc1cc(C(=O)N[C@H]2C/C=C\C[C@@H]3CC[C@@H](C(=O)NC4CC(=O)OC4O)N3C2=O)cc(OC)c1OC. The second-order valence-corrected chi connectivity index (χ2v) is 9.07. The molecule has 12 nitrogen and oxygen atoms in total. The number of carbonyl (C=O) groups is 4. The monoisotopic (exact) mass is 517 g/mol. The molecule has 2 unspecified atom stereocenters. The van der Waals surface area contributed by atoms with Crippen LogP contribution in [0.2, 0.25) is 0 Å². The van der Waals surface area contributed by atoms with Crippen LogP contribution in [0.3, 0.4) is 0 Å². The molecule has 0 saturated carbocycles. The number of hydrogen-bond acceptors (Lipinski definition) is 9. The summed E-state index contributed by atoms with van der Waals surface area (Å²) in [6, 6.07) is 0.176. The number of aliphatic hydroxyl groups is 1. The van der Waals surface area contributed by atoms with Gasteiger partial charge in [-0.2, -0.15) is 0 Å². The Labute approximate surface area is 213 Å². The lowest BCUT2D eigenvalue weighted by atomic mass is 10.0. The third-order valence-corrected chi connectivity index (χ3v) is 6.85. The van der Waals surface area contributed by atoms with Crippen LogP contribution < -0.4 is 24.8 Å². The Morgan fingerprint density at radius 1 is 1.00 bits per heavy atom. The van der Waals surface area contributed by atoms with Gasteiger partial charge >= 0.3 is 5.97 Å². The number of amides is 3. The number of ether oxygens (including phenoxy) is 4. The van der Waals surface area contributed by atoms with Crippen molar-refractivity contribution in [2.24, 2.45) is 0 Å². The van der Waals surface area contributed by atoms with Gasteiger partial charge in [-0.1, -0.05) is 12.2 Å². The number of nitrogens with zero attached hydrogens (tertiary/aromatic N) is 1. The van der Waals surface area contributed by atoms with E-state index in [0.29, 0.717) is 36.5 Å². The van der Waals surface area contributed by atoms with Crippen molar-refractivity contribution in [3.05, 3.63) is 29.8 Å². The predicted octanol–water partition coefficient (Wildman–Crippen LogP) is 0.271. The first-order valence-electron chi connectivity index (χ1n) is 12.0. The third-order valence-electron chi connectivity index (χ3n) is 6.85. The van der Waals surface area contributed by atoms with Gasteiger partial charge in [0.1, 0.15) is 18.1 Å². The van der Waals surface area contributed by atoms with Crippen LogP contribution in [0, 0.1) is 0 Å². The summed E-state index contributed by atoms with van der Waals surface area (Å²) in [6.45, 7) is 0. The molecule has 2 fully saturated rings. The summed E-state index contributed by atoms with van der Waals surface area (Å²) in [7, 11) is 4.33. The van der Waals surface area contributed by atoms with Gasteiger partial charge in [0.05, 0.1) is 27.8 Å². The average Bonchev–Trinajstić information content (AvgIpc) is 3.44. The van der Waals surface area contributed by atoms with Crippen LogP contribution in [-0.2, 0) is 19.1 Å². The van der Waals surface area contributed by atoms with Gasteiger partial charge in [-0.15, -0.1) is 0 Å². The molecule has 0 spiro atoms. The minimum Gasteiger partial charge on any atom is -0.493 e. The molecule has 2 saturated heterocycles. The highest BCUT2D eigenvalue weighted by Crippen LogP contribution is 2.38. The highest BCUT2D eigenvalue weighted by atomic mass is 16.6. The van der Waals surface area contributed by atoms with Gasteiger partial charge < -0.3 is 39.6 Å². The standard InChI is InChI=1S/C25H31N3O9/c1-34-18-10-13(11-19(35-2)21(18)36-3)22(30)26-15-7-5-4-6-14-8-9-17(28(14)24(15)32)23(31)27-16-12-20(29)37-25(16)33/h4-5,10-11,14-17,25,33H,6-9,12H2,1-3H3,(H,26,30)(H,27,31)/b5-4-/t14-,15+,16?,17+,25?/m1/s1. The summed E-state index contributed by atoms with van der Waals surface area (Å²) < 4.78 is 20.6. The Balaban J connectivity index is 1.53. The van der Waals surface area contributed by atoms with Gasteiger partial charge in [0, 0.05) is 11.6 Å². The summed E-state index contributed by atoms with van der Waals surface area (Å²) >= 11 is 0. The number of methoxy groups -OCH3 is 3. The molecule has 200 valence electrons. The lowest BCUT2D eigenvalue weighted by Crippen LogP contribution is -2.57. The molecule has 3 aliphatic rings. The number of rotatable bonds is 7. The van der Waals surface area contributed by atoms with E-state index in [-0.39, 0.29) is 30.4 Å². The molecule has 0 aromatic heterocycles. The zero-order valence-electron chi connectivity index (χ0n) is 20.9. The summed E-state index contributed by atoms with van der Waals surface area (Å²) in [4.78, 5) is 52.9. The molecule has 3 heterocycles. The van der Waals surface area contributed by atoms with Crippen molar-refractivity contribution in [3.63, 3.8) is 0 Å². The van der Waals surface area contributed by atoms with Gasteiger partial charge in [-0.3, -0.25) is 19.2 Å². The number of cyclic esters (lactones) is 1. The minimum absolute atomic E-state index is 0.146. The van der Waals surface area contributed by atoms with Crippen LogP contribution in [0.5, 0.6) is 17.2 Å². The van der Waals surface area contributed by atoms with Crippen LogP contribution >= 0.6 is 0 Å². The van der Waals surface area contributed by atoms with Gasteiger partial charge in [0.25, 0.3) is 5.91 Å². The van der Waals surface area contributed by atoms with Crippen molar-refractivity contribution in [1.29, 1.82) is 0 Å². The van der Waals surface area contributed by atoms with E-state index in [4.69, 9.17) is 18.9 Å². The molecule has 0 radical (unpaired) electrons. The lowest BCUT2D eigenvalue weighted by molar-refractivity contribution is -0.155. The Kier molecular flexibility index (Phi) is 7.86. The van der Waals surface area contributed by atoms with Crippen LogP contribution in [0.4, 0.5) is 0 Å². The molecule has 3 aliphatic heterocycles. The normalized spacial score (nSPS) is 27.9. The maximum atomic E-state index is 13.7. The van der Waals surface area contributed by atoms with Crippen LogP contribution in [0.25, 0.3) is 0 Å². The van der Waals surface area contributed by atoms with Crippen molar-refractivity contribution in [2.45, 2.75) is 62.6 Å². The molecule has 0 bridgehead atoms. The minimum atomic E-state index is -1.43. The van der Waals surface area contributed by atoms with E-state index < -0.39 is 42.2 Å². The average molecular weight is 518 g/mol. The summed E-state index contributed by atoms with van der Waals surface area (Å²) in [5.41, 5.74) is 0.209. The molecule has 3 N–H and O–H groups in total. The third kappa shape index (κ3) is 5.33. The number of carbonyl (C=O) groups excluding carboxylic acids is 4. The number of benzene rings is 1. The number of aliphatic hydroxyl groups excluding tert-OH is 1. The van der Waals surface area contributed by atoms with E-state index in [2.05, 4.69) is 10.6 Å². The fourth-order valence-corrected chi connectivity index (χ4v) is 4.99. The molecule has 5 atom stereocenters. The number of nitrogens with one attached hydrogen (secondary N) is 2. The largest absolute Gasteiger partial charge is 0.493 e. The van der Waals surface area contributed by atoms with E-state index in [9.17, 15) is 24.3 Å². The molecule has 0 aliphatic carbocycles. The number of fused-ring (bicyclic) bond motifs is 1. The highest BCUT2D eigenvalue weighted by molar-refractivity contribution is 5.99. The van der Waals surface area contributed by atoms with E-state index in [1.54, 1.807) is 0 Å². The molecule has 1 aromatic carbocycles. The second kappa shape index (κ2) is 11.1. The van der Waals surface area contributed by atoms with Crippen molar-refractivity contribution in [1.82, 2.24) is 15.5 Å². The molecule has 3 amide bonds. The summed E-state index contributed by atoms with van der Waals surface area (Å²) in [6.07, 6.45) is 4.06. The molecule has 4 rings (SSSR count). The Hall–Kier alpha value is -3.80. The van der Waals surface area contributed by atoms with E-state index in [1.807, 2.05) is 12.2 Å². The number of esters is 1. The molecule has 1 aromatic rings. The highest BCUT2D eigenvalue weighted by Gasteiger charge is 2.45. The van der Waals surface area contributed by atoms with E-state index in [0.717, 1.165) is 0 Å². The van der Waals surface area contributed by atoms with Crippen LogP contribution in [0.15, 0.2) is 24.3 Å². The topological polar surface area (TPSA) is 153 Å². The zero-order valence-corrected chi connectivity index (χ0v) is 20.9. The van der Waals surface area contributed by atoms with Crippen molar-refractivity contribution < 1.29 is 43.2 Å².